The minimum absolute atomic E-state index is 0.110. The van der Waals surface area contributed by atoms with E-state index in [1.165, 1.54) is 10.6 Å². The lowest BCUT2D eigenvalue weighted by molar-refractivity contribution is 0.0857. The van der Waals surface area contributed by atoms with E-state index in [1.807, 2.05) is 0 Å². The molecule has 0 aliphatic carbocycles. The molecular formula is C15H20N2O4S. The van der Waals surface area contributed by atoms with Crippen LogP contribution in [0.4, 0.5) is 5.69 Å². The van der Waals surface area contributed by atoms with E-state index in [1.54, 1.807) is 18.2 Å². The Morgan fingerprint density at radius 2 is 2.27 bits per heavy atom. The first-order valence-corrected chi connectivity index (χ1v) is 9.30. The zero-order chi connectivity index (χ0) is 15.7. The molecule has 7 heteroatoms. The number of fused-ring (bicyclic) bond motifs is 1. The Bertz CT molecular complexity index is 681. The van der Waals surface area contributed by atoms with Crippen LogP contribution >= 0.6 is 0 Å². The summed E-state index contributed by atoms with van der Waals surface area (Å²) >= 11 is 0. The van der Waals surface area contributed by atoms with Gasteiger partial charge in [-0.15, -0.1) is 0 Å². The number of rotatable bonds is 4. The van der Waals surface area contributed by atoms with Crippen LogP contribution in [0, 0.1) is 0 Å². The third kappa shape index (κ3) is 3.10. The summed E-state index contributed by atoms with van der Waals surface area (Å²) in [7, 11) is -3.25. The van der Waals surface area contributed by atoms with Gasteiger partial charge in [-0.3, -0.25) is 9.10 Å². The SMILES string of the molecule is CS(=O)(=O)N1CCc2cc(C(=O)NCC3CCCO3)ccc21. The number of carbonyl (C=O) groups excluding carboxylic acids is 1. The third-order valence-electron chi connectivity index (χ3n) is 4.11. The number of sulfonamides is 1. The molecule has 1 N–H and O–H groups in total. The normalized spacial score (nSPS) is 21.0. The van der Waals surface area contributed by atoms with E-state index in [2.05, 4.69) is 5.32 Å². The molecule has 2 aliphatic heterocycles. The van der Waals surface area contributed by atoms with E-state index in [-0.39, 0.29) is 12.0 Å². The van der Waals surface area contributed by atoms with Crippen molar-refractivity contribution in [2.75, 3.05) is 30.3 Å². The Morgan fingerprint density at radius 1 is 1.45 bits per heavy atom. The molecule has 1 unspecified atom stereocenters. The number of carbonyl (C=O) groups is 1. The zero-order valence-electron chi connectivity index (χ0n) is 12.5. The molecule has 120 valence electrons. The third-order valence-corrected chi connectivity index (χ3v) is 5.29. The quantitative estimate of drug-likeness (QED) is 0.893. The highest BCUT2D eigenvalue weighted by molar-refractivity contribution is 7.92. The van der Waals surface area contributed by atoms with Crippen LogP contribution in [0.1, 0.15) is 28.8 Å². The number of hydrogen-bond acceptors (Lipinski definition) is 4. The van der Waals surface area contributed by atoms with Gasteiger partial charge >= 0.3 is 0 Å². The molecule has 1 amide bonds. The van der Waals surface area contributed by atoms with E-state index in [0.29, 0.717) is 30.8 Å². The van der Waals surface area contributed by atoms with Gasteiger partial charge in [-0.25, -0.2) is 8.42 Å². The molecule has 0 aromatic heterocycles. The number of anilines is 1. The Balaban J connectivity index is 1.70. The van der Waals surface area contributed by atoms with E-state index >= 15 is 0 Å². The van der Waals surface area contributed by atoms with Gasteiger partial charge in [-0.05, 0) is 43.0 Å². The summed E-state index contributed by atoms with van der Waals surface area (Å²) in [5.74, 6) is -0.142. The van der Waals surface area contributed by atoms with Gasteiger partial charge in [0.1, 0.15) is 0 Å². The van der Waals surface area contributed by atoms with Gasteiger partial charge in [0.15, 0.2) is 0 Å². The van der Waals surface area contributed by atoms with Crippen molar-refractivity contribution in [3.8, 4) is 0 Å². The fraction of sp³-hybridized carbons (Fsp3) is 0.533. The number of nitrogens with zero attached hydrogens (tertiary/aromatic N) is 1. The Morgan fingerprint density at radius 3 is 2.95 bits per heavy atom. The summed E-state index contributed by atoms with van der Waals surface area (Å²) in [4.78, 5) is 12.2. The van der Waals surface area contributed by atoms with Crippen LogP contribution in [0.15, 0.2) is 18.2 Å². The molecule has 1 fully saturated rings. The van der Waals surface area contributed by atoms with E-state index in [9.17, 15) is 13.2 Å². The molecule has 3 rings (SSSR count). The van der Waals surface area contributed by atoms with Crippen molar-refractivity contribution in [3.05, 3.63) is 29.3 Å². The van der Waals surface area contributed by atoms with E-state index in [0.717, 1.165) is 25.0 Å². The molecule has 0 radical (unpaired) electrons. The molecule has 0 saturated carbocycles. The van der Waals surface area contributed by atoms with Crippen molar-refractivity contribution in [1.82, 2.24) is 5.32 Å². The van der Waals surface area contributed by atoms with Crippen molar-refractivity contribution in [1.29, 1.82) is 0 Å². The maximum Gasteiger partial charge on any atom is 0.251 e. The lowest BCUT2D eigenvalue weighted by Gasteiger charge is -2.16. The second-order valence-corrected chi connectivity index (χ2v) is 7.68. The highest BCUT2D eigenvalue weighted by Gasteiger charge is 2.26. The van der Waals surface area contributed by atoms with Crippen LogP contribution in [0.5, 0.6) is 0 Å². The van der Waals surface area contributed by atoms with Gasteiger partial charge in [0.2, 0.25) is 10.0 Å². The number of hydrogen-bond donors (Lipinski definition) is 1. The summed E-state index contributed by atoms with van der Waals surface area (Å²) < 4.78 is 30.3. The molecule has 1 aromatic carbocycles. The van der Waals surface area contributed by atoms with E-state index < -0.39 is 10.0 Å². The Hall–Kier alpha value is -1.60. The first kappa shape index (κ1) is 15.3. The van der Waals surface area contributed by atoms with Gasteiger partial charge in [0, 0.05) is 25.3 Å². The van der Waals surface area contributed by atoms with E-state index in [4.69, 9.17) is 4.74 Å². The Kier molecular flexibility index (Phi) is 4.10. The standard InChI is InChI=1S/C15H20N2O4S/c1-22(19,20)17-7-6-11-9-12(4-5-14(11)17)15(18)16-10-13-3-2-8-21-13/h4-5,9,13H,2-3,6-8,10H2,1H3,(H,16,18). The molecule has 6 nitrogen and oxygen atoms in total. The first-order valence-electron chi connectivity index (χ1n) is 7.45. The summed E-state index contributed by atoms with van der Waals surface area (Å²) in [6, 6.07) is 5.17. The molecule has 1 aromatic rings. The van der Waals surface area contributed by atoms with Crippen LogP contribution in [-0.2, 0) is 21.2 Å². The number of nitrogens with one attached hydrogen (secondary N) is 1. The minimum Gasteiger partial charge on any atom is -0.376 e. The van der Waals surface area contributed by atoms with Crippen molar-refractivity contribution < 1.29 is 17.9 Å². The fourth-order valence-electron chi connectivity index (χ4n) is 2.97. The predicted octanol–water partition coefficient (Wildman–Crippen LogP) is 0.917. The van der Waals surface area contributed by atoms with Crippen molar-refractivity contribution in [2.24, 2.45) is 0 Å². The van der Waals surface area contributed by atoms with Crippen molar-refractivity contribution in [2.45, 2.75) is 25.4 Å². The summed E-state index contributed by atoms with van der Waals surface area (Å²) in [5.41, 5.74) is 2.14. The van der Waals surface area contributed by atoms with Crippen LogP contribution in [0.2, 0.25) is 0 Å². The largest absolute Gasteiger partial charge is 0.376 e. The maximum absolute atomic E-state index is 12.2. The zero-order valence-corrected chi connectivity index (χ0v) is 13.4. The summed E-state index contributed by atoms with van der Waals surface area (Å²) in [6.07, 6.45) is 3.97. The second-order valence-electron chi connectivity index (χ2n) is 5.77. The highest BCUT2D eigenvalue weighted by Crippen LogP contribution is 2.30. The lowest BCUT2D eigenvalue weighted by atomic mass is 10.1. The van der Waals surface area contributed by atoms with Crippen LogP contribution in [0.3, 0.4) is 0 Å². The summed E-state index contributed by atoms with van der Waals surface area (Å²) in [5, 5.41) is 2.88. The fourth-order valence-corrected chi connectivity index (χ4v) is 3.93. The van der Waals surface area contributed by atoms with Gasteiger partial charge in [0.05, 0.1) is 18.0 Å². The number of amides is 1. The Labute approximate surface area is 130 Å². The predicted molar refractivity (Wildman–Crippen MR) is 83.6 cm³/mol. The van der Waals surface area contributed by atoms with Gasteiger partial charge in [0.25, 0.3) is 5.91 Å². The van der Waals surface area contributed by atoms with Crippen molar-refractivity contribution in [3.63, 3.8) is 0 Å². The van der Waals surface area contributed by atoms with Crippen LogP contribution in [0.25, 0.3) is 0 Å². The number of ether oxygens (including phenoxy) is 1. The molecule has 1 saturated heterocycles. The van der Waals surface area contributed by atoms with Crippen LogP contribution < -0.4 is 9.62 Å². The topological polar surface area (TPSA) is 75.7 Å². The molecule has 0 bridgehead atoms. The molecule has 22 heavy (non-hydrogen) atoms. The number of benzene rings is 1. The summed E-state index contributed by atoms with van der Waals surface area (Å²) in [6.45, 7) is 1.72. The van der Waals surface area contributed by atoms with Gasteiger partial charge in [-0.1, -0.05) is 0 Å². The molecule has 0 spiro atoms. The first-order chi connectivity index (χ1) is 10.4. The maximum atomic E-state index is 12.2. The lowest BCUT2D eigenvalue weighted by Crippen LogP contribution is -2.31. The molecule has 1 atom stereocenters. The molecule has 2 aliphatic rings. The van der Waals surface area contributed by atoms with Gasteiger partial charge < -0.3 is 10.1 Å². The van der Waals surface area contributed by atoms with Gasteiger partial charge in [-0.2, -0.15) is 0 Å². The smallest absolute Gasteiger partial charge is 0.251 e. The van der Waals surface area contributed by atoms with Crippen LogP contribution in [-0.4, -0.2) is 46.4 Å². The molecular weight excluding hydrogens is 304 g/mol. The molecule has 2 heterocycles. The average Bonchev–Trinajstić information content (AvgIpc) is 3.12. The van der Waals surface area contributed by atoms with Crippen molar-refractivity contribution >= 4 is 21.6 Å². The second kappa shape index (κ2) is 5.89. The monoisotopic (exact) mass is 324 g/mol. The highest BCUT2D eigenvalue weighted by atomic mass is 32.2. The minimum atomic E-state index is -3.25. The average molecular weight is 324 g/mol.